The molecule has 3 fully saturated rings. The van der Waals surface area contributed by atoms with E-state index >= 15 is 0 Å². The number of carbonyl (C=O) groups is 7. The van der Waals surface area contributed by atoms with Crippen molar-refractivity contribution in [2.75, 3.05) is 24.6 Å². The van der Waals surface area contributed by atoms with Crippen molar-refractivity contribution < 1.29 is 113 Å². The Morgan fingerprint density at radius 1 is 0.708 bits per heavy atom. The minimum atomic E-state index is -5.56. The molecule has 0 radical (unpaired) electrons. The molecule has 42 nitrogen and oxygen atoms in total. The third kappa shape index (κ3) is 17.5. The number of aliphatic imine (C=N–C) groups is 3. The molecule has 0 saturated carbocycles. The van der Waals surface area contributed by atoms with E-state index in [1.807, 2.05) is 13.8 Å². The van der Waals surface area contributed by atoms with Gasteiger partial charge in [-0.05, 0) is 88.0 Å². The van der Waals surface area contributed by atoms with Gasteiger partial charge < -0.3 is 103 Å². The van der Waals surface area contributed by atoms with Gasteiger partial charge in [-0.25, -0.2) is 29.1 Å². The number of nitrogens with two attached hydrogens (primary N) is 8. The van der Waals surface area contributed by atoms with Gasteiger partial charge in [0.15, 0.2) is 35.1 Å². The Balaban J connectivity index is 0.000000669. The van der Waals surface area contributed by atoms with E-state index in [1.165, 1.54) is 24.1 Å². The molecule has 20 atom stereocenters. The van der Waals surface area contributed by atoms with Gasteiger partial charge in [-0.2, -0.15) is 15.0 Å². The fourth-order valence-corrected chi connectivity index (χ4v) is 19.3. The predicted octanol–water partition coefficient (Wildman–Crippen LogP) is -0.0277. The van der Waals surface area contributed by atoms with Gasteiger partial charge in [0.25, 0.3) is 5.56 Å². The molecule has 618 valence electrons. The van der Waals surface area contributed by atoms with Gasteiger partial charge in [0.1, 0.15) is 36.3 Å². The van der Waals surface area contributed by atoms with Crippen LogP contribution in [0.5, 0.6) is 0 Å². The molecule has 7 aliphatic rings. The van der Waals surface area contributed by atoms with Crippen molar-refractivity contribution >= 4 is 108 Å². The first-order valence-electron chi connectivity index (χ1n) is 35.9. The molecular formula is C68H97CoN21O21P2+. The summed E-state index contributed by atoms with van der Waals surface area (Å²) in [4.78, 5) is 165. The van der Waals surface area contributed by atoms with Gasteiger partial charge in [0, 0.05) is 108 Å². The first kappa shape index (κ1) is 88.3. The number of nitrogens with zero attached hydrogens (tertiary/aromatic N) is 11. The number of aromatic amines is 1. The number of H-pyrrole nitrogens is 1. The molecule has 3 saturated heterocycles. The zero-order valence-electron chi connectivity index (χ0n) is 63.4. The summed E-state index contributed by atoms with van der Waals surface area (Å²) >= 11 is 0. The van der Waals surface area contributed by atoms with Crippen molar-refractivity contribution in [3.8, 4) is 0 Å². The summed E-state index contributed by atoms with van der Waals surface area (Å²) in [7, 11) is -11.1. The van der Waals surface area contributed by atoms with Gasteiger partial charge >= 0.3 is 32.4 Å². The van der Waals surface area contributed by atoms with Crippen LogP contribution >= 0.6 is 15.6 Å². The summed E-state index contributed by atoms with van der Waals surface area (Å²) in [6, 6.07) is -1.11. The molecule has 24 N–H and O–H groups in total. The van der Waals surface area contributed by atoms with Crippen LogP contribution in [0.1, 0.15) is 145 Å². The number of aliphatic hydroxyl groups is 4. The van der Waals surface area contributed by atoms with Crippen molar-refractivity contribution in [3.05, 3.63) is 75.9 Å². The molecule has 11 rings (SSSR count). The molecule has 7 amide bonds. The number of phosphoric acid groups is 2. The quantitative estimate of drug-likeness (QED) is 0.0251. The van der Waals surface area contributed by atoms with E-state index in [-0.39, 0.29) is 110 Å². The average Bonchev–Trinajstić information content (AvgIpc) is 1.53. The number of hydrogen-bond donors (Lipinski definition) is 16. The number of aromatic nitrogens is 8. The van der Waals surface area contributed by atoms with Crippen LogP contribution in [0.25, 0.3) is 27.6 Å². The average molecular weight is 1670 g/mol. The Hall–Kier alpha value is -8.65. The third-order valence-corrected chi connectivity index (χ3v) is 25.7. The van der Waals surface area contributed by atoms with E-state index in [1.54, 1.807) is 47.6 Å². The molecule has 113 heavy (non-hydrogen) atoms. The van der Waals surface area contributed by atoms with Gasteiger partial charge in [-0.1, -0.05) is 40.7 Å². The van der Waals surface area contributed by atoms with Crippen LogP contribution in [-0.2, 0) is 82.3 Å². The Labute approximate surface area is 657 Å². The van der Waals surface area contributed by atoms with Crippen LogP contribution in [0.2, 0.25) is 0 Å². The predicted molar refractivity (Wildman–Crippen MR) is 399 cm³/mol. The van der Waals surface area contributed by atoms with Crippen LogP contribution in [0.3, 0.4) is 0 Å². The minimum Gasteiger partial charge on any atom is -0.682 e. The molecule has 8 bridgehead atoms. The molecule has 4 unspecified atom stereocenters. The Morgan fingerprint density at radius 2 is 1.29 bits per heavy atom. The topological polar surface area (TPSA) is 700 Å². The monoisotopic (exact) mass is 1660 g/mol. The zero-order valence-corrected chi connectivity index (χ0v) is 66.2. The van der Waals surface area contributed by atoms with Crippen molar-refractivity contribution in [2.24, 2.45) is 94.7 Å². The van der Waals surface area contributed by atoms with Crippen molar-refractivity contribution in [1.82, 2.24) is 44.4 Å². The van der Waals surface area contributed by atoms with Crippen LogP contribution in [0, 0.1) is 52.3 Å². The molecule has 0 spiro atoms. The number of nitrogen functional groups attached to an aromatic ring is 2. The summed E-state index contributed by atoms with van der Waals surface area (Å²) in [5.74, 6) is -7.90. The number of anilines is 2. The number of rotatable bonds is 29. The van der Waals surface area contributed by atoms with Gasteiger partial charge in [-0.3, -0.25) is 76.5 Å². The molecule has 45 heteroatoms. The SMILES string of the molecule is C/C1=C2/[N-]C([C@H](CC(N)=O)[C@@]2(C)CCC(=O)NCC(C)OP(=O)(O)OP(=O)(O)OC[C@H]2O[C@@H](n3cnc4c(=O)[nH]c(N)nc43)[C@H](O)[C@@H]2O)[C@]2(C)N=C(/C(C)=C3N=C(/C=C4N=C1[C@@H](CCC(N)=O)C\4(C)C)[C@@H](CCC(N)=O)[C@]\3(C)CC(N)=O)[C@@H](CCC(N)=O)[C@]2(C)CC(N)=O.[CH2-][C@H]1O[C@@H](n2cnc3c(N)ncnc32)[C@H](O)[C@@H]1O.[Co+3]. The smallest absolute Gasteiger partial charge is 0.682 e. The normalized spacial score (nSPS) is 33.4. The van der Waals surface area contributed by atoms with Gasteiger partial charge in [0.2, 0.25) is 47.3 Å². The summed E-state index contributed by atoms with van der Waals surface area (Å²) in [5, 5.41) is 49.3. The summed E-state index contributed by atoms with van der Waals surface area (Å²) in [5.41, 5.74) is 44.0. The van der Waals surface area contributed by atoms with E-state index in [4.69, 9.17) is 84.7 Å². The first-order chi connectivity index (χ1) is 52.1. The van der Waals surface area contributed by atoms with E-state index in [9.17, 15) is 77.7 Å². The van der Waals surface area contributed by atoms with Crippen LogP contribution in [0.15, 0.2) is 73.1 Å². The second-order valence-electron chi connectivity index (χ2n) is 30.9. The van der Waals surface area contributed by atoms with E-state index in [2.05, 4.69) is 46.5 Å². The number of fused-ring (bicyclic) bond motifs is 8. The molecule has 0 aromatic carbocycles. The fourth-order valence-electron chi connectivity index (χ4n) is 17.0. The summed E-state index contributed by atoms with van der Waals surface area (Å²) in [6.45, 7) is 17.9. The number of carbonyl (C=O) groups excluding carboxylic acids is 7. The maximum Gasteiger partial charge on any atom is 3.00 e. The second kappa shape index (κ2) is 33.3. The molecule has 0 aliphatic carbocycles. The molecular weight excluding hydrogens is 1570 g/mol. The van der Waals surface area contributed by atoms with Gasteiger partial charge in [-0.15, -0.1) is 0 Å². The summed E-state index contributed by atoms with van der Waals surface area (Å²) < 4.78 is 54.5. The second-order valence-corrected chi connectivity index (χ2v) is 33.9. The fraction of sp³-hybridized carbons (Fsp3) is 0.603. The number of imidazole rings is 2. The number of ether oxygens (including phenoxy) is 2. The summed E-state index contributed by atoms with van der Waals surface area (Å²) in [6.07, 6.45) is -7.62. The van der Waals surface area contributed by atoms with Crippen molar-refractivity contribution in [2.45, 2.75) is 200 Å². The Bertz CT molecular complexity index is 4810. The Morgan fingerprint density at radius 3 is 1.88 bits per heavy atom. The molecule has 4 aromatic rings. The van der Waals surface area contributed by atoms with Crippen molar-refractivity contribution in [3.63, 3.8) is 0 Å². The standard InChI is InChI=1S/C58H86N16O18P2.C10H12N5O3.Co/c1-25(91-94(87,88)92-93(85,86)89-23-33-45(82)46(83)52(90-33)74-24-67-44-50(74)71-53(65)72-51(44)84)22-66-41(81)16-17-55(6)31(18-38(62)78)49-58(9)57(8,21-40(64)80)30(12-15-37(61)77)43(73-58)27(3)48-56(7,20-39(63)79)28(10-13-35(59)75)32(68-48)19-34-54(4,5)29(11-14-36(60)76)42(69-34)26(2)47(55)70-49;1-4-6(16)7(17)10(18-4)15-3-14-5-8(11)12-2-13-9(5)15;/h19,24-25,28-31,33,45-46,49,52,82-83H,10-18,20-23H2,1-9H3,(H19,59,60,61,62,63,64,65,66,68,69,70,71,72,73,75,76,77,78,79,80,81,84,85,86,87,88);2-4,6-7,10,16-17H,1H2,(H2,11,12,13);/q;-1;+3/p-1/t25?,28-,29-,30-,31+,33-,45-,46-,49?,52-,55-,56+,57+,58+;4-,6-,7-,10-;/m11./s1. The molecule has 7 aliphatic heterocycles. The maximum absolute atomic E-state index is 14.3. The number of allylic oxidation sites excluding steroid dienone is 6. The number of aliphatic hydroxyl groups excluding tert-OH is 4. The van der Waals surface area contributed by atoms with E-state index in [0.717, 1.165) is 10.9 Å². The number of hydrogen-bond acceptors (Lipinski definition) is 29. The van der Waals surface area contributed by atoms with Gasteiger partial charge in [0.05, 0.1) is 42.7 Å². The minimum absolute atomic E-state index is 0. The third-order valence-electron chi connectivity index (χ3n) is 22.9. The number of phosphoric ester groups is 2. The Kier molecular flexibility index (Phi) is 26.0. The zero-order chi connectivity index (χ0) is 82.8. The number of primary amides is 6. The van der Waals surface area contributed by atoms with Crippen molar-refractivity contribution in [1.29, 1.82) is 0 Å². The molecule has 4 aromatic heterocycles. The largest absolute Gasteiger partial charge is 3.00 e. The van der Waals surface area contributed by atoms with Crippen LogP contribution in [-0.4, -0.2) is 195 Å². The van der Waals surface area contributed by atoms with E-state index in [0.29, 0.717) is 56.5 Å². The van der Waals surface area contributed by atoms with Crippen LogP contribution < -0.4 is 56.7 Å². The number of amides is 7. The van der Waals surface area contributed by atoms with Crippen LogP contribution in [0.4, 0.5) is 11.8 Å². The van der Waals surface area contributed by atoms with E-state index < -0.39 is 188 Å². The molecule has 11 heterocycles. The first-order valence-corrected chi connectivity index (χ1v) is 38.9. The number of nitrogens with one attached hydrogen (secondary N) is 2. The maximum atomic E-state index is 14.3.